The largest absolute Gasteiger partial charge is 0.372 e. The van der Waals surface area contributed by atoms with Crippen molar-refractivity contribution in [2.24, 2.45) is 11.8 Å². The topological polar surface area (TPSA) is 21.3 Å². The SMILES string of the molecule is CC1CCC(OC2(CCNC3CC3)CCC2)CC1C. The van der Waals surface area contributed by atoms with Gasteiger partial charge in [-0.05, 0) is 76.2 Å². The van der Waals surface area contributed by atoms with Gasteiger partial charge in [0.2, 0.25) is 0 Å². The summed E-state index contributed by atoms with van der Waals surface area (Å²) < 4.78 is 6.60. The van der Waals surface area contributed by atoms with Crippen LogP contribution in [0.5, 0.6) is 0 Å². The van der Waals surface area contributed by atoms with E-state index < -0.39 is 0 Å². The van der Waals surface area contributed by atoms with Crippen LogP contribution in [0, 0.1) is 11.8 Å². The van der Waals surface area contributed by atoms with Crippen LogP contribution in [0.3, 0.4) is 0 Å². The molecule has 0 saturated heterocycles. The van der Waals surface area contributed by atoms with E-state index in [2.05, 4.69) is 19.2 Å². The summed E-state index contributed by atoms with van der Waals surface area (Å²) in [4.78, 5) is 0. The lowest BCUT2D eigenvalue weighted by Crippen LogP contribution is -2.46. The Hall–Kier alpha value is -0.0800. The molecule has 0 bridgehead atoms. The zero-order valence-electron chi connectivity index (χ0n) is 12.8. The molecule has 0 aromatic heterocycles. The Morgan fingerprint density at radius 3 is 2.42 bits per heavy atom. The van der Waals surface area contributed by atoms with Crippen molar-refractivity contribution in [2.75, 3.05) is 6.54 Å². The molecule has 19 heavy (non-hydrogen) atoms. The van der Waals surface area contributed by atoms with Crippen LogP contribution in [-0.4, -0.2) is 24.3 Å². The third kappa shape index (κ3) is 3.52. The molecule has 2 heteroatoms. The molecule has 0 heterocycles. The first kappa shape index (κ1) is 13.9. The van der Waals surface area contributed by atoms with Crippen LogP contribution in [0.4, 0.5) is 0 Å². The Morgan fingerprint density at radius 2 is 1.84 bits per heavy atom. The minimum atomic E-state index is 0.257. The lowest BCUT2D eigenvalue weighted by molar-refractivity contribution is -0.158. The summed E-state index contributed by atoms with van der Waals surface area (Å²) in [6.45, 7) is 5.98. The molecule has 3 fully saturated rings. The van der Waals surface area contributed by atoms with Gasteiger partial charge in [-0.3, -0.25) is 0 Å². The highest BCUT2D eigenvalue weighted by Gasteiger charge is 2.41. The van der Waals surface area contributed by atoms with Crippen molar-refractivity contribution >= 4 is 0 Å². The summed E-state index contributed by atoms with van der Waals surface area (Å²) in [6, 6.07) is 0.840. The van der Waals surface area contributed by atoms with Gasteiger partial charge in [0.15, 0.2) is 0 Å². The maximum atomic E-state index is 6.60. The highest BCUT2D eigenvalue weighted by Crippen LogP contribution is 2.42. The van der Waals surface area contributed by atoms with Gasteiger partial charge < -0.3 is 10.1 Å². The zero-order valence-corrected chi connectivity index (χ0v) is 12.8. The Kier molecular flexibility index (Phi) is 4.19. The predicted octanol–water partition coefficient (Wildman–Crippen LogP) is 3.89. The second-order valence-electron chi connectivity index (χ2n) is 7.52. The molecule has 1 N–H and O–H groups in total. The van der Waals surface area contributed by atoms with Crippen molar-refractivity contribution in [1.29, 1.82) is 0 Å². The molecule has 0 radical (unpaired) electrons. The molecular formula is C17H31NO. The maximum Gasteiger partial charge on any atom is 0.0698 e. The molecule has 0 aromatic rings. The fourth-order valence-corrected chi connectivity index (χ4v) is 3.75. The fourth-order valence-electron chi connectivity index (χ4n) is 3.75. The number of rotatable bonds is 6. The lowest BCUT2D eigenvalue weighted by atomic mass is 9.75. The zero-order chi connectivity index (χ0) is 13.3. The summed E-state index contributed by atoms with van der Waals surface area (Å²) in [5.41, 5.74) is 0.257. The van der Waals surface area contributed by atoms with Crippen LogP contribution >= 0.6 is 0 Å². The van der Waals surface area contributed by atoms with Crippen LogP contribution in [0.1, 0.15) is 71.6 Å². The monoisotopic (exact) mass is 265 g/mol. The quantitative estimate of drug-likeness (QED) is 0.786. The van der Waals surface area contributed by atoms with Crippen LogP contribution < -0.4 is 5.32 Å². The average Bonchev–Trinajstić information content (AvgIpc) is 3.14. The van der Waals surface area contributed by atoms with E-state index in [1.54, 1.807) is 0 Å². The molecule has 0 aromatic carbocycles. The highest BCUT2D eigenvalue weighted by atomic mass is 16.5. The second kappa shape index (κ2) is 5.73. The van der Waals surface area contributed by atoms with Crippen molar-refractivity contribution in [3.8, 4) is 0 Å². The van der Waals surface area contributed by atoms with E-state index in [0.717, 1.165) is 17.9 Å². The highest BCUT2D eigenvalue weighted by molar-refractivity contribution is 4.93. The van der Waals surface area contributed by atoms with E-state index in [9.17, 15) is 0 Å². The molecule has 0 amide bonds. The Bertz CT molecular complexity index is 296. The van der Waals surface area contributed by atoms with E-state index in [1.165, 1.54) is 64.3 Å². The molecule has 0 spiro atoms. The Labute approximate surface area is 118 Å². The number of ether oxygens (including phenoxy) is 1. The first-order valence-corrected chi connectivity index (χ1v) is 8.58. The molecule has 110 valence electrons. The third-order valence-electron chi connectivity index (χ3n) is 5.82. The van der Waals surface area contributed by atoms with E-state index in [-0.39, 0.29) is 5.60 Å². The molecule has 3 aliphatic carbocycles. The predicted molar refractivity (Wildman–Crippen MR) is 79.3 cm³/mol. The van der Waals surface area contributed by atoms with Gasteiger partial charge in [0, 0.05) is 6.04 Å². The summed E-state index contributed by atoms with van der Waals surface area (Å²) in [7, 11) is 0. The third-order valence-corrected chi connectivity index (χ3v) is 5.82. The first-order chi connectivity index (χ1) is 9.17. The van der Waals surface area contributed by atoms with Crippen molar-refractivity contribution in [3.05, 3.63) is 0 Å². The minimum absolute atomic E-state index is 0.257. The fraction of sp³-hybridized carbons (Fsp3) is 1.00. The molecule has 3 unspecified atom stereocenters. The molecule has 3 saturated carbocycles. The summed E-state index contributed by atoms with van der Waals surface area (Å²) >= 11 is 0. The van der Waals surface area contributed by atoms with E-state index in [4.69, 9.17) is 4.74 Å². The van der Waals surface area contributed by atoms with Gasteiger partial charge >= 0.3 is 0 Å². The number of nitrogens with one attached hydrogen (secondary N) is 1. The van der Waals surface area contributed by atoms with Gasteiger partial charge in [0.25, 0.3) is 0 Å². The van der Waals surface area contributed by atoms with E-state index in [0.29, 0.717) is 6.10 Å². The van der Waals surface area contributed by atoms with Gasteiger partial charge in [-0.15, -0.1) is 0 Å². The maximum absolute atomic E-state index is 6.60. The van der Waals surface area contributed by atoms with Crippen molar-refractivity contribution < 1.29 is 4.74 Å². The van der Waals surface area contributed by atoms with Gasteiger partial charge in [0.1, 0.15) is 0 Å². The molecule has 3 rings (SSSR count). The van der Waals surface area contributed by atoms with Gasteiger partial charge in [-0.1, -0.05) is 13.8 Å². The normalized spacial score (nSPS) is 37.9. The van der Waals surface area contributed by atoms with Crippen molar-refractivity contribution in [2.45, 2.75) is 89.4 Å². The van der Waals surface area contributed by atoms with Crippen LogP contribution in [0.2, 0.25) is 0 Å². The van der Waals surface area contributed by atoms with Crippen molar-refractivity contribution in [1.82, 2.24) is 5.32 Å². The lowest BCUT2D eigenvalue weighted by Gasteiger charge is -2.46. The smallest absolute Gasteiger partial charge is 0.0698 e. The van der Waals surface area contributed by atoms with Crippen LogP contribution in [0.25, 0.3) is 0 Å². The van der Waals surface area contributed by atoms with Gasteiger partial charge in [0.05, 0.1) is 11.7 Å². The molecular weight excluding hydrogens is 234 g/mol. The molecule has 3 aliphatic rings. The summed E-state index contributed by atoms with van der Waals surface area (Å²) in [5.74, 6) is 1.74. The van der Waals surface area contributed by atoms with E-state index >= 15 is 0 Å². The van der Waals surface area contributed by atoms with Crippen LogP contribution in [-0.2, 0) is 4.74 Å². The average molecular weight is 265 g/mol. The summed E-state index contributed by atoms with van der Waals surface area (Å²) in [6.07, 6.45) is 12.5. The number of hydrogen-bond donors (Lipinski definition) is 1. The van der Waals surface area contributed by atoms with E-state index in [1.807, 2.05) is 0 Å². The van der Waals surface area contributed by atoms with Gasteiger partial charge in [-0.25, -0.2) is 0 Å². The van der Waals surface area contributed by atoms with Crippen LogP contribution in [0.15, 0.2) is 0 Å². The Morgan fingerprint density at radius 1 is 1.05 bits per heavy atom. The standard InChI is InChI=1S/C17H31NO/c1-13-4-7-16(12-14(13)2)19-17(8-3-9-17)10-11-18-15-5-6-15/h13-16,18H,3-12H2,1-2H3. The summed E-state index contributed by atoms with van der Waals surface area (Å²) in [5, 5.41) is 3.65. The molecule has 2 nitrogen and oxygen atoms in total. The van der Waals surface area contributed by atoms with Gasteiger partial charge in [-0.2, -0.15) is 0 Å². The molecule has 0 aliphatic heterocycles. The van der Waals surface area contributed by atoms with Crippen molar-refractivity contribution in [3.63, 3.8) is 0 Å². The number of hydrogen-bond acceptors (Lipinski definition) is 2. The second-order valence-corrected chi connectivity index (χ2v) is 7.52. The first-order valence-electron chi connectivity index (χ1n) is 8.58. The molecule has 3 atom stereocenters. The minimum Gasteiger partial charge on any atom is -0.372 e. The Balaban J connectivity index is 1.45.